The second-order valence-electron chi connectivity index (χ2n) is 14.2. The fraction of sp³-hybridized carbons (Fsp3) is 0.317. The molecule has 0 bridgehead atoms. The summed E-state index contributed by atoms with van der Waals surface area (Å²) in [5.41, 5.74) is 9.01. The van der Waals surface area contributed by atoms with Crippen LogP contribution in [0.2, 0.25) is 0 Å². The molecule has 8 rings (SSSR count). The third kappa shape index (κ3) is 7.07. The second-order valence-corrected chi connectivity index (χ2v) is 14.2. The molecule has 0 spiro atoms. The Bertz CT molecular complexity index is 2110. The molecule has 5 heterocycles. The Labute approximate surface area is 312 Å². The van der Waals surface area contributed by atoms with Crippen LogP contribution in [0.15, 0.2) is 84.9 Å². The SMILES string of the molecule is NC(=O)c1ccc(N2CCC(N3CCN(Cc4ccc5c(c4)C(=O)N(C4CCC(=O)NC4=O)C5=O)CC3)CC2)nc1-c1ccc(Oc2ccccc2)cc1. The third-order valence-corrected chi connectivity index (χ3v) is 10.9. The summed E-state index contributed by atoms with van der Waals surface area (Å²) in [6.07, 6.45) is 2.21. The minimum absolute atomic E-state index is 0.0903. The highest BCUT2D eigenvalue weighted by atomic mass is 16.5. The van der Waals surface area contributed by atoms with Crippen molar-refractivity contribution in [3.8, 4) is 22.8 Å². The number of nitrogens with one attached hydrogen (secondary N) is 1. The number of primary amides is 1. The van der Waals surface area contributed by atoms with Gasteiger partial charge in [0.05, 0.1) is 22.4 Å². The maximum atomic E-state index is 13.3. The van der Waals surface area contributed by atoms with Crippen molar-refractivity contribution in [2.24, 2.45) is 5.73 Å². The molecule has 13 nitrogen and oxygen atoms in total. The van der Waals surface area contributed by atoms with Crippen LogP contribution in [0.25, 0.3) is 11.3 Å². The predicted molar refractivity (Wildman–Crippen MR) is 200 cm³/mol. The molecule has 3 fully saturated rings. The number of carbonyl (C=O) groups excluding carboxylic acids is 5. The molecule has 276 valence electrons. The lowest BCUT2D eigenvalue weighted by Crippen LogP contribution is -2.54. The Hall–Kier alpha value is -5.92. The number of imide groups is 2. The van der Waals surface area contributed by atoms with Crippen molar-refractivity contribution in [3.63, 3.8) is 0 Å². The summed E-state index contributed by atoms with van der Waals surface area (Å²) in [6.45, 7) is 5.94. The van der Waals surface area contributed by atoms with Crippen molar-refractivity contribution in [1.29, 1.82) is 0 Å². The molecule has 1 aromatic heterocycles. The van der Waals surface area contributed by atoms with E-state index in [1.54, 1.807) is 18.2 Å². The van der Waals surface area contributed by atoms with E-state index in [-0.39, 0.29) is 12.8 Å². The lowest BCUT2D eigenvalue weighted by molar-refractivity contribution is -0.136. The molecule has 4 aliphatic rings. The van der Waals surface area contributed by atoms with Gasteiger partial charge in [-0.3, -0.25) is 44.0 Å². The molecule has 3 N–H and O–H groups in total. The van der Waals surface area contributed by atoms with Gasteiger partial charge in [-0.1, -0.05) is 24.3 Å². The number of piperidine rings is 2. The van der Waals surface area contributed by atoms with E-state index < -0.39 is 35.6 Å². The van der Waals surface area contributed by atoms with E-state index in [2.05, 4.69) is 20.0 Å². The Morgan fingerprint density at radius 1 is 0.778 bits per heavy atom. The molecule has 5 amide bonds. The van der Waals surface area contributed by atoms with E-state index in [0.29, 0.717) is 40.7 Å². The average molecular weight is 728 g/mol. The summed E-state index contributed by atoms with van der Waals surface area (Å²) in [5.74, 6) is -0.264. The number of anilines is 1. The van der Waals surface area contributed by atoms with Gasteiger partial charge in [0.2, 0.25) is 11.8 Å². The van der Waals surface area contributed by atoms with E-state index in [1.165, 1.54) is 0 Å². The number of hydrogen-bond acceptors (Lipinski definition) is 10. The highest BCUT2D eigenvalue weighted by Crippen LogP contribution is 2.31. The Kier molecular flexibility index (Phi) is 9.65. The first-order valence-electron chi connectivity index (χ1n) is 18.4. The van der Waals surface area contributed by atoms with Gasteiger partial charge in [0.15, 0.2) is 0 Å². The molecular weight excluding hydrogens is 686 g/mol. The number of piperazine rings is 1. The molecule has 4 aromatic rings. The molecule has 0 saturated carbocycles. The van der Waals surface area contributed by atoms with Gasteiger partial charge in [-0.25, -0.2) is 4.98 Å². The van der Waals surface area contributed by atoms with Crippen molar-refractivity contribution >= 4 is 35.4 Å². The van der Waals surface area contributed by atoms with Crippen LogP contribution in [0.1, 0.15) is 62.3 Å². The first-order valence-corrected chi connectivity index (χ1v) is 18.4. The molecule has 1 atom stereocenters. The number of nitrogens with two attached hydrogens (primary N) is 1. The van der Waals surface area contributed by atoms with Crippen molar-refractivity contribution < 1.29 is 28.7 Å². The molecular formula is C41H41N7O6. The lowest BCUT2D eigenvalue weighted by Gasteiger charge is -2.43. The summed E-state index contributed by atoms with van der Waals surface area (Å²) in [4.78, 5) is 75.9. The summed E-state index contributed by atoms with van der Waals surface area (Å²) in [6, 6.07) is 25.5. The van der Waals surface area contributed by atoms with Crippen LogP contribution < -0.4 is 20.7 Å². The second kappa shape index (κ2) is 14.8. The van der Waals surface area contributed by atoms with Gasteiger partial charge in [0.1, 0.15) is 23.4 Å². The summed E-state index contributed by atoms with van der Waals surface area (Å²) in [5, 5.41) is 2.24. The standard InChI is InChI=1S/C41H41N7O6/c42-38(50)32-12-14-35(43-37(32)27-7-9-30(10-8-27)54-29-4-2-1-3-5-29)47-18-16-28(17-19-47)46-22-20-45(21-23-46)25-26-6-11-31-33(24-26)41(53)48(40(31)52)34-13-15-36(49)44-39(34)51/h1-12,14,24,28,34H,13,15-23,25H2,(H2,42,50)(H,44,49,51). The predicted octanol–water partition coefficient (Wildman–Crippen LogP) is 3.83. The number of hydrogen-bond donors (Lipinski definition) is 2. The van der Waals surface area contributed by atoms with Gasteiger partial charge in [0, 0.05) is 63.8 Å². The molecule has 4 aliphatic heterocycles. The highest BCUT2D eigenvalue weighted by Gasteiger charge is 2.44. The van der Waals surface area contributed by atoms with Crippen molar-refractivity contribution in [2.45, 2.75) is 44.3 Å². The number of carbonyl (C=O) groups is 5. The largest absolute Gasteiger partial charge is 0.457 e. The first kappa shape index (κ1) is 35.1. The zero-order valence-electron chi connectivity index (χ0n) is 29.8. The zero-order valence-corrected chi connectivity index (χ0v) is 29.8. The fourth-order valence-corrected chi connectivity index (χ4v) is 7.97. The Morgan fingerprint density at radius 3 is 2.19 bits per heavy atom. The van der Waals surface area contributed by atoms with Crippen LogP contribution in [-0.2, 0) is 16.1 Å². The fourth-order valence-electron chi connectivity index (χ4n) is 7.97. The quantitative estimate of drug-likeness (QED) is 0.243. The average Bonchev–Trinajstić information content (AvgIpc) is 3.43. The van der Waals surface area contributed by atoms with Crippen molar-refractivity contribution in [3.05, 3.63) is 107 Å². The number of rotatable bonds is 9. The van der Waals surface area contributed by atoms with Gasteiger partial charge in [-0.2, -0.15) is 0 Å². The van der Waals surface area contributed by atoms with E-state index in [1.807, 2.05) is 66.7 Å². The molecule has 54 heavy (non-hydrogen) atoms. The van der Waals surface area contributed by atoms with Gasteiger partial charge >= 0.3 is 0 Å². The number of para-hydroxylation sites is 1. The van der Waals surface area contributed by atoms with Crippen LogP contribution >= 0.6 is 0 Å². The first-order chi connectivity index (χ1) is 26.2. The number of aromatic nitrogens is 1. The zero-order chi connectivity index (χ0) is 37.3. The maximum Gasteiger partial charge on any atom is 0.262 e. The number of benzene rings is 3. The van der Waals surface area contributed by atoms with E-state index >= 15 is 0 Å². The molecule has 3 saturated heterocycles. The number of fused-ring (bicyclic) bond motifs is 1. The number of amides is 5. The lowest BCUT2D eigenvalue weighted by atomic mass is 10.0. The third-order valence-electron chi connectivity index (χ3n) is 10.9. The van der Waals surface area contributed by atoms with E-state index in [9.17, 15) is 24.0 Å². The molecule has 3 aromatic carbocycles. The molecule has 0 radical (unpaired) electrons. The summed E-state index contributed by atoms with van der Waals surface area (Å²) < 4.78 is 5.94. The van der Waals surface area contributed by atoms with Gasteiger partial charge < -0.3 is 15.4 Å². The topological polar surface area (TPSA) is 158 Å². The number of ether oxygens (including phenoxy) is 1. The molecule has 13 heteroatoms. The Morgan fingerprint density at radius 2 is 1.48 bits per heavy atom. The highest BCUT2D eigenvalue weighted by molar-refractivity contribution is 6.23. The number of pyridine rings is 1. The molecule has 0 aliphatic carbocycles. The normalized spacial score (nSPS) is 19.9. The van der Waals surface area contributed by atoms with Crippen LogP contribution in [0, 0.1) is 0 Å². The molecule has 1 unspecified atom stereocenters. The van der Waals surface area contributed by atoms with Crippen molar-refractivity contribution in [2.75, 3.05) is 44.2 Å². The summed E-state index contributed by atoms with van der Waals surface area (Å²) >= 11 is 0. The number of nitrogens with zero attached hydrogens (tertiary/aromatic N) is 5. The van der Waals surface area contributed by atoms with Crippen LogP contribution in [0.3, 0.4) is 0 Å². The van der Waals surface area contributed by atoms with E-state index in [0.717, 1.165) is 79.7 Å². The minimum Gasteiger partial charge on any atom is -0.457 e. The maximum absolute atomic E-state index is 13.3. The van der Waals surface area contributed by atoms with Crippen molar-refractivity contribution in [1.82, 2.24) is 25.0 Å². The van der Waals surface area contributed by atoms with Gasteiger partial charge in [-0.05, 0) is 85.5 Å². The monoisotopic (exact) mass is 727 g/mol. The van der Waals surface area contributed by atoms with Crippen LogP contribution in [0.4, 0.5) is 5.82 Å². The smallest absolute Gasteiger partial charge is 0.262 e. The van der Waals surface area contributed by atoms with Crippen LogP contribution in [0.5, 0.6) is 11.5 Å². The van der Waals surface area contributed by atoms with E-state index in [4.69, 9.17) is 15.5 Å². The van der Waals surface area contributed by atoms with Gasteiger partial charge in [-0.15, -0.1) is 0 Å². The van der Waals surface area contributed by atoms with Gasteiger partial charge in [0.25, 0.3) is 17.7 Å². The van der Waals surface area contributed by atoms with Crippen LogP contribution in [-0.4, -0.2) is 101 Å². The summed E-state index contributed by atoms with van der Waals surface area (Å²) in [7, 11) is 0. The Balaban J connectivity index is 0.852. The minimum atomic E-state index is -0.973.